The van der Waals surface area contributed by atoms with Crippen LogP contribution in [-0.2, 0) is 14.9 Å². The van der Waals surface area contributed by atoms with Crippen LogP contribution in [0, 0.1) is 0 Å². The van der Waals surface area contributed by atoms with Crippen molar-refractivity contribution >= 4 is 15.4 Å². The molecular formula is C13H20O2Si. The maximum absolute atomic E-state index is 5.64. The van der Waals surface area contributed by atoms with Crippen molar-refractivity contribution in [1.82, 2.24) is 0 Å². The van der Waals surface area contributed by atoms with Crippen LogP contribution in [0.4, 0.5) is 0 Å². The molecule has 0 aromatic heterocycles. The molecule has 1 rings (SSSR count). The summed E-state index contributed by atoms with van der Waals surface area (Å²) in [5.74, 6) is 0. The highest BCUT2D eigenvalue weighted by atomic mass is 28.3. The van der Waals surface area contributed by atoms with Crippen LogP contribution in [0.5, 0.6) is 0 Å². The second-order valence-corrected chi connectivity index (χ2v) is 5.42. The molecule has 0 atom stereocenters. The lowest BCUT2D eigenvalue weighted by atomic mass is 10.1. The average Bonchev–Trinajstić information content (AvgIpc) is 2.31. The zero-order chi connectivity index (χ0) is 11.8. The van der Waals surface area contributed by atoms with Crippen molar-refractivity contribution in [3.8, 4) is 0 Å². The van der Waals surface area contributed by atoms with Gasteiger partial charge in [0.15, 0.2) is 0 Å². The van der Waals surface area contributed by atoms with Crippen molar-refractivity contribution < 1.29 is 8.85 Å². The Labute approximate surface area is 99.7 Å². The molecule has 0 N–H and O–H groups in total. The number of rotatable bonds is 7. The first kappa shape index (κ1) is 13.2. The lowest BCUT2D eigenvalue weighted by Crippen LogP contribution is -2.26. The lowest BCUT2D eigenvalue weighted by Gasteiger charge is -2.14. The standard InChI is InChI=1S/C13H20O2Si/c1-4-12-7-9-13(10-8-12)11-16(14-5-2)15-6-3/h4,7-10,16H,1,5-6,11H2,2-3H3. The maximum atomic E-state index is 5.64. The van der Waals surface area contributed by atoms with E-state index >= 15 is 0 Å². The van der Waals surface area contributed by atoms with Gasteiger partial charge in [0.2, 0.25) is 0 Å². The molecule has 0 spiro atoms. The van der Waals surface area contributed by atoms with E-state index in [1.165, 1.54) is 5.56 Å². The highest BCUT2D eigenvalue weighted by molar-refractivity contribution is 6.43. The van der Waals surface area contributed by atoms with Gasteiger partial charge in [0.25, 0.3) is 0 Å². The Balaban J connectivity index is 2.58. The van der Waals surface area contributed by atoms with Gasteiger partial charge in [-0.1, -0.05) is 36.9 Å². The van der Waals surface area contributed by atoms with E-state index in [9.17, 15) is 0 Å². The largest absolute Gasteiger partial charge is 0.397 e. The van der Waals surface area contributed by atoms with E-state index in [-0.39, 0.29) is 0 Å². The van der Waals surface area contributed by atoms with Crippen LogP contribution in [0.3, 0.4) is 0 Å². The van der Waals surface area contributed by atoms with E-state index in [0.29, 0.717) is 0 Å². The molecule has 0 fully saturated rings. The zero-order valence-electron chi connectivity index (χ0n) is 10.1. The van der Waals surface area contributed by atoms with E-state index in [1.54, 1.807) is 0 Å². The predicted octanol–water partition coefficient (Wildman–Crippen LogP) is 2.70. The van der Waals surface area contributed by atoms with E-state index in [1.807, 2.05) is 19.9 Å². The zero-order valence-corrected chi connectivity index (χ0v) is 11.3. The first-order valence-corrected chi connectivity index (χ1v) is 7.50. The van der Waals surface area contributed by atoms with Crippen molar-refractivity contribution in [2.45, 2.75) is 19.9 Å². The summed E-state index contributed by atoms with van der Waals surface area (Å²) in [4.78, 5) is 0. The Morgan fingerprint density at radius 1 is 1.12 bits per heavy atom. The molecule has 0 bridgehead atoms. The molecule has 1 aromatic rings. The SMILES string of the molecule is C=Cc1ccc(C[SiH](OCC)OCC)cc1. The van der Waals surface area contributed by atoms with E-state index in [0.717, 1.165) is 24.8 Å². The summed E-state index contributed by atoms with van der Waals surface area (Å²) in [7, 11) is -1.51. The molecule has 0 saturated heterocycles. The minimum Gasteiger partial charge on any atom is -0.397 e. The highest BCUT2D eigenvalue weighted by Crippen LogP contribution is 2.08. The van der Waals surface area contributed by atoms with Gasteiger partial charge in [-0.25, -0.2) is 0 Å². The molecule has 0 aliphatic carbocycles. The van der Waals surface area contributed by atoms with Gasteiger partial charge in [-0.05, 0) is 25.0 Å². The Morgan fingerprint density at radius 3 is 2.12 bits per heavy atom. The molecule has 1 aromatic carbocycles. The molecule has 0 unspecified atom stereocenters. The molecular weight excluding hydrogens is 216 g/mol. The van der Waals surface area contributed by atoms with Crippen molar-refractivity contribution in [3.05, 3.63) is 42.0 Å². The van der Waals surface area contributed by atoms with Gasteiger partial charge in [-0.15, -0.1) is 0 Å². The van der Waals surface area contributed by atoms with Crippen LogP contribution >= 0.6 is 0 Å². The van der Waals surface area contributed by atoms with Crippen molar-refractivity contribution in [3.63, 3.8) is 0 Å². The van der Waals surface area contributed by atoms with Crippen molar-refractivity contribution in [1.29, 1.82) is 0 Å². The summed E-state index contributed by atoms with van der Waals surface area (Å²) in [6, 6.07) is 9.32. The summed E-state index contributed by atoms with van der Waals surface area (Å²) in [5, 5.41) is 0. The highest BCUT2D eigenvalue weighted by Gasteiger charge is 2.12. The van der Waals surface area contributed by atoms with Crippen LogP contribution in [0.15, 0.2) is 30.8 Å². The van der Waals surface area contributed by atoms with Crippen LogP contribution < -0.4 is 0 Å². The van der Waals surface area contributed by atoms with E-state index < -0.39 is 9.28 Å². The summed E-state index contributed by atoms with van der Waals surface area (Å²) in [6.45, 7) is 9.24. The number of benzene rings is 1. The minimum atomic E-state index is -1.51. The molecule has 0 amide bonds. The second-order valence-electron chi connectivity index (χ2n) is 3.49. The Kier molecular flexibility index (Phi) is 6.07. The third-order valence-corrected chi connectivity index (χ3v) is 4.54. The lowest BCUT2D eigenvalue weighted by molar-refractivity contribution is 0.213. The molecule has 0 radical (unpaired) electrons. The third-order valence-electron chi connectivity index (χ3n) is 2.32. The van der Waals surface area contributed by atoms with E-state index in [2.05, 4.69) is 30.8 Å². The van der Waals surface area contributed by atoms with Crippen LogP contribution in [0.2, 0.25) is 0 Å². The smallest absolute Gasteiger partial charge is 0.325 e. The van der Waals surface area contributed by atoms with Gasteiger partial charge in [0, 0.05) is 19.3 Å². The van der Waals surface area contributed by atoms with E-state index in [4.69, 9.17) is 8.85 Å². The molecule has 2 nitrogen and oxygen atoms in total. The molecule has 0 heterocycles. The first-order chi connectivity index (χ1) is 7.80. The Morgan fingerprint density at radius 2 is 1.69 bits per heavy atom. The second kappa shape index (κ2) is 7.38. The summed E-state index contributed by atoms with van der Waals surface area (Å²) >= 11 is 0. The Hall–Kier alpha value is -0.903. The fourth-order valence-electron chi connectivity index (χ4n) is 1.52. The van der Waals surface area contributed by atoms with Crippen molar-refractivity contribution in [2.24, 2.45) is 0 Å². The van der Waals surface area contributed by atoms with Crippen LogP contribution in [0.1, 0.15) is 25.0 Å². The van der Waals surface area contributed by atoms with Gasteiger partial charge < -0.3 is 8.85 Å². The monoisotopic (exact) mass is 236 g/mol. The summed E-state index contributed by atoms with van der Waals surface area (Å²) < 4.78 is 11.3. The molecule has 88 valence electrons. The summed E-state index contributed by atoms with van der Waals surface area (Å²) in [6.07, 6.45) is 1.85. The third kappa shape index (κ3) is 4.31. The van der Waals surface area contributed by atoms with Gasteiger partial charge >= 0.3 is 9.28 Å². The first-order valence-electron chi connectivity index (χ1n) is 5.74. The van der Waals surface area contributed by atoms with Gasteiger partial charge in [0.1, 0.15) is 0 Å². The number of hydrogen-bond acceptors (Lipinski definition) is 2. The fourth-order valence-corrected chi connectivity index (χ4v) is 3.25. The minimum absolute atomic E-state index is 0.738. The van der Waals surface area contributed by atoms with Crippen molar-refractivity contribution in [2.75, 3.05) is 13.2 Å². The summed E-state index contributed by atoms with van der Waals surface area (Å²) in [5.41, 5.74) is 2.43. The molecule has 0 saturated carbocycles. The fraction of sp³-hybridized carbons (Fsp3) is 0.385. The average molecular weight is 236 g/mol. The van der Waals surface area contributed by atoms with Gasteiger partial charge in [-0.3, -0.25) is 0 Å². The molecule has 0 aliphatic heterocycles. The molecule has 16 heavy (non-hydrogen) atoms. The quantitative estimate of drug-likeness (QED) is 0.678. The Bertz CT molecular complexity index is 302. The predicted molar refractivity (Wildman–Crippen MR) is 70.6 cm³/mol. The normalized spacial score (nSPS) is 10.7. The molecule has 0 aliphatic rings. The van der Waals surface area contributed by atoms with Crippen LogP contribution in [-0.4, -0.2) is 22.5 Å². The topological polar surface area (TPSA) is 18.5 Å². The number of hydrogen-bond donors (Lipinski definition) is 0. The van der Waals surface area contributed by atoms with Gasteiger partial charge in [0.05, 0.1) is 0 Å². The maximum Gasteiger partial charge on any atom is 0.325 e. The van der Waals surface area contributed by atoms with Crippen LogP contribution in [0.25, 0.3) is 6.08 Å². The molecule has 3 heteroatoms. The van der Waals surface area contributed by atoms with Gasteiger partial charge in [-0.2, -0.15) is 0 Å².